The molecule has 5 heteroatoms. The molecule has 1 aliphatic rings. The lowest BCUT2D eigenvalue weighted by Crippen LogP contribution is -2.17. The maximum absolute atomic E-state index is 12.4. The number of hydrogen-bond donors (Lipinski definition) is 1. The van der Waals surface area contributed by atoms with Gasteiger partial charge in [-0.25, -0.2) is 0 Å². The molecule has 0 atom stereocenters. The molecule has 5 nitrogen and oxygen atoms in total. The Balaban J connectivity index is 1.80. The largest absolute Gasteiger partial charge is 0.493 e. The average molecular weight is 299 g/mol. The monoisotopic (exact) mass is 299 g/mol. The van der Waals surface area contributed by atoms with Gasteiger partial charge in [-0.1, -0.05) is 12.1 Å². The summed E-state index contributed by atoms with van der Waals surface area (Å²) in [5.41, 5.74) is 1.15. The third kappa shape index (κ3) is 2.98. The van der Waals surface area contributed by atoms with Gasteiger partial charge in [0.15, 0.2) is 11.5 Å². The summed E-state index contributed by atoms with van der Waals surface area (Å²) >= 11 is 0. The number of ether oxygens (including phenoxy) is 3. The lowest BCUT2D eigenvalue weighted by atomic mass is 10.1. The first-order chi connectivity index (χ1) is 10.8. The second-order valence-corrected chi connectivity index (χ2v) is 4.74. The van der Waals surface area contributed by atoms with Gasteiger partial charge in [-0.3, -0.25) is 4.79 Å². The SMILES string of the molecule is CCOc1ccccc1C(=O)Nc1ccc2c(c1)OCCO2. The van der Waals surface area contributed by atoms with Crippen LogP contribution in [-0.2, 0) is 0 Å². The maximum Gasteiger partial charge on any atom is 0.259 e. The summed E-state index contributed by atoms with van der Waals surface area (Å²) in [6, 6.07) is 12.5. The number of fused-ring (bicyclic) bond motifs is 1. The molecule has 1 heterocycles. The predicted octanol–water partition coefficient (Wildman–Crippen LogP) is 3.11. The van der Waals surface area contributed by atoms with E-state index in [1.54, 1.807) is 36.4 Å². The predicted molar refractivity (Wildman–Crippen MR) is 83.0 cm³/mol. The molecule has 0 radical (unpaired) electrons. The molecule has 0 spiro atoms. The second-order valence-electron chi connectivity index (χ2n) is 4.74. The molecular weight excluding hydrogens is 282 g/mol. The highest BCUT2D eigenvalue weighted by atomic mass is 16.6. The molecule has 3 rings (SSSR count). The van der Waals surface area contributed by atoms with E-state index in [4.69, 9.17) is 14.2 Å². The fraction of sp³-hybridized carbons (Fsp3) is 0.235. The van der Waals surface area contributed by atoms with Crippen molar-refractivity contribution in [2.75, 3.05) is 25.1 Å². The van der Waals surface area contributed by atoms with Crippen LogP contribution in [0, 0.1) is 0 Å². The first-order valence-electron chi connectivity index (χ1n) is 7.21. The minimum atomic E-state index is -0.222. The summed E-state index contributed by atoms with van der Waals surface area (Å²) in [5.74, 6) is 1.68. The van der Waals surface area contributed by atoms with Gasteiger partial charge in [0.2, 0.25) is 0 Å². The average Bonchev–Trinajstić information content (AvgIpc) is 2.55. The topological polar surface area (TPSA) is 56.8 Å². The number of benzene rings is 2. The number of amides is 1. The Labute approximate surface area is 128 Å². The molecule has 22 heavy (non-hydrogen) atoms. The minimum Gasteiger partial charge on any atom is -0.493 e. The number of para-hydroxylation sites is 1. The molecule has 0 bridgehead atoms. The molecule has 1 N–H and O–H groups in total. The molecule has 0 unspecified atom stereocenters. The van der Waals surface area contributed by atoms with Crippen molar-refractivity contribution in [2.24, 2.45) is 0 Å². The van der Waals surface area contributed by atoms with E-state index in [-0.39, 0.29) is 5.91 Å². The second kappa shape index (κ2) is 6.39. The van der Waals surface area contributed by atoms with Gasteiger partial charge >= 0.3 is 0 Å². The van der Waals surface area contributed by atoms with Crippen LogP contribution in [0.3, 0.4) is 0 Å². The van der Waals surface area contributed by atoms with Crippen molar-refractivity contribution in [3.05, 3.63) is 48.0 Å². The van der Waals surface area contributed by atoms with E-state index in [9.17, 15) is 4.79 Å². The van der Waals surface area contributed by atoms with Crippen LogP contribution >= 0.6 is 0 Å². The van der Waals surface area contributed by atoms with E-state index >= 15 is 0 Å². The van der Waals surface area contributed by atoms with E-state index in [1.807, 2.05) is 13.0 Å². The third-order valence-corrected chi connectivity index (χ3v) is 3.23. The third-order valence-electron chi connectivity index (χ3n) is 3.23. The first-order valence-corrected chi connectivity index (χ1v) is 7.21. The van der Waals surface area contributed by atoms with E-state index in [0.717, 1.165) is 0 Å². The maximum atomic E-state index is 12.4. The van der Waals surface area contributed by atoms with Crippen molar-refractivity contribution < 1.29 is 19.0 Å². The smallest absolute Gasteiger partial charge is 0.259 e. The summed E-state index contributed by atoms with van der Waals surface area (Å²) in [6.07, 6.45) is 0. The standard InChI is InChI=1S/C17H17NO4/c1-2-20-14-6-4-3-5-13(14)17(19)18-12-7-8-15-16(11-12)22-10-9-21-15/h3-8,11H,2,9-10H2,1H3,(H,18,19). The molecule has 1 amide bonds. The molecule has 114 valence electrons. The lowest BCUT2D eigenvalue weighted by molar-refractivity contribution is 0.102. The highest BCUT2D eigenvalue weighted by molar-refractivity contribution is 6.06. The molecule has 2 aromatic rings. The number of carbonyl (C=O) groups is 1. The lowest BCUT2D eigenvalue weighted by Gasteiger charge is -2.19. The van der Waals surface area contributed by atoms with Crippen molar-refractivity contribution in [1.29, 1.82) is 0 Å². The zero-order chi connectivity index (χ0) is 15.4. The van der Waals surface area contributed by atoms with Gasteiger partial charge in [-0.05, 0) is 31.2 Å². The van der Waals surface area contributed by atoms with Gasteiger partial charge in [0.1, 0.15) is 19.0 Å². The van der Waals surface area contributed by atoms with Gasteiger partial charge in [0.05, 0.1) is 12.2 Å². The number of carbonyl (C=O) groups excluding carboxylic acids is 1. The fourth-order valence-corrected chi connectivity index (χ4v) is 2.26. The molecule has 2 aromatic carbocycles. The van der Waals surface area contributed by atoms with Gasteiger partial charge in [-0.15, -0.1) is 0 Å². The van der Waals surface area contributed by atoms with Crippen LogP contribution in [0.25, 0.3) is 0 Å². The van der Waals surface area contributed by atoms with Crippen LogP contribution in [0.4, 0.5) is 5.69 Å². The Morgan fingerprint density at radius 2 is 1.91 bits per heavy atom. The molecule has 0 fully saturated rings. The van der Waals surface area contributed by atoms with E-state index < -0.39 is 0 Å². The van der Waals surface area contributed by atoms with Crippen LogP contribution in [0.15, 0.2) is 42.5 Å². The number of anilines is 1. The summed E-state index contributed by atoms with van der Waals surface area (Å²) in [6.45, 7) is 3.45. The Morgan fingerprint density at radius 1 is 1.14 bits per heavy atom. The van der Waals surface area contributed by atoms with Gasteiger partial charge in [0.25, 0.3) is 5.91 Å². The van der Waals surface area contributed by atoms with Crippen LogP contribution in [0.2, 0.25) is 0 Å². The van der Waals surface area contributed by atoms with Gasteiger partial charge in [0, 0.05) is 11.8 Å². The number of nitrogens with one attached hydrogen (secondary N) is 1. The van der Waals surface area contributed by atoms with Crippen molar-refractivity contribution in [2.45, 2.75) is 6.92 Å². The van der Waals surface area contributed by atoms with Gasteiger partial charge < -0.3 is 19.5 Å². The fourth-order valence-electron chi connectivity index (χ4n) is 2.26. The normalized spacial score (nSPS) is 12.6. The summed E-state index contributed by atoms with van der Waals surface area (Å²) < 4.78 is 16.5. The zero-order valence-electron chi connectivity index (χ0n) is 12.3. The Morgan fingerprint density at radius 3 is 2.73 bits per heavy atom. The zero-order valence-corrected chi connectivity index (χ0v) is 12.3. The quantitative estimate of drug-likeness (QED) is 0.942. The van der Waals surface area contributed by atoms with Crippen molar-refractivity contribution in [3.8, 4) is 17.2 Å². The number of rotatable bonds is 4. The molecule has 1 aliphatic heterocycles. The Bertz CT molecular complexity index is 684. The van der Waals surface area contributed by atoms with Crippen molar-refractivity contribution in [1.82, 2.24) is 0 Å². The summed E-state index contributed by atoms with van der Waals surface area (Å²) in [4.78, 5) is 12.4. The molecule has 0 aliphatic carbocycles. The molecular formula is C17H17NO4. The molecule has 0 aromatic heterocycles. The van der Waals surface area contributed by atoms with Crippen molar-refractivity contribution in [3.63, 3.8) is 0 Å². The van der Waals surface area contributed by atoms with Gasteiger partial charge in [-0.2, -0.15) is 0 Å². The highest BCUT2D eigenvalue weighted by Crippen LogP contribution is 2.33. The van der Waals surface area contributed by atoms with Crippen LogP contribution in [-0.4, -0.2) is 25.7 Å². The molecule has 0 saturated carbocycles. The summed E-state index contributed by atoms with van der Waals surface area (Å²) in [7, 11) is 0. The Kier molecular flexibility index (Phi) is 4.14. The van der Waals surface area contributed by atoms with E-state index in [2.05, 4.69) is 5.32 Å². The van der Waals surface area contributed by atoms with E-state index in [1.165, 1.54) is 0 Å². The first kappa shape index (κ1) is 14.3. The minimum absolute atomic E-state index is 0.222. The van der Waals surface area contributed by atoms with E-state index in [0.29, 0.717) is 48.3 Å². The Hall–Kier alpha value is -2.69. The van der Waals surface area contributed by atoms with Crippen LogP contribution < -0.4 is 19.5 Å². The van der Waals surface area contributed by atoms with Crippen LogP contribution in [0.1, 0.15) is 17.3 Å². The summed E-state index contributed by atoms with van der Waals surface area (Å²) in [5, 5.41) is 2.85. The number of hydrogen-bond acceptors (Lipinski definition) is 4. The molecule has 0 saturated heterocycles. The van der Waals surface area contributed by atoms with Crippen LogP contribution in [0.5, 0.6) is 17.2 Å². The highest BCUT2D eigenvalue weighted by Gasteiger charge is 2.15. The van der Waals surface area contributed by atoms with Crippen molar-refractivity contribution >= 4 is 11.6 Å².